The summed E-state index contributed by atoms with van der Waals surface area (Å²) in [5.74, 6) is 1.92. The van der Waals surface area contributed by atoms with Gasteiger partial charge in [0.1, 0.15) is 5.76 Å². The molecule has 0 aliphatic carbocycles. The summed E-state index contributed by atoms with van der Waals surface area (Å²) in [4.78, 5) is 0. The molecule has 4 nitrogen and oxygen atoms in total. The highest BCUT2D eigenvalue weighted by Gasteiger charge is 2.18. The van der Waals surface area contributed by atoms with Crippen molar-refractivity contribution < 1.29 is 18.3 Å². The lowest BCUT2D eigenvalue weighted by molar-refractivity contribution is 0.231. The molecule has 0 spiro atoms. The summed E-state index contributed by atoms with van der Waals surface area (Å²) in [5, 5.41) is 0.484. The Morgan fingerprint density at radius 3 is 2.31 bits per heavy atom. The van der Waals surface area contributed by atoms with Crippen molar-refractivity contribution in [1.82, 2.24) is 0 Å². The summed E-state index contributed by atoms with van der Waals surface area (Å²) in [6, 6.07) is 0. The summed E-state index contributed by atoms with van der Waals surface area (Å²) in [7, 11) is -0.437. The van der Waals surface area contributed by atoms with E-state index in [4.69, 9.17) is 13.8 Å². The molecule has 0 heterocycles. The third-order valence-electron chi connectivity index (χ3n) is 1.27. The maximum Gasteiger partial charge on any atom is 0.357 e. The van der Waals surface area contributed by atoms with Crippen molar-refractivity contribution in [3.05, 3.63) is 11.6 Å². The van der Waals surface area contributed by atoms with E-state index >= 15 is 0 Å². The minimum atomic E-state index is -3.10. The molecule has 0 aromatic rings. The maximum absolute atomic E-state index is 11.6. The fourth-order valence-corrected chi connectivity index (χ4v) is 2.10. The second-order valence-corrected chi connectivity index (χ2v) is 4.70. The molecule has 0 unspecified atom stereocenters. The maximum atomic E-state index is 11.6. The van der Waals surface area contributed by atoms with Gasteiger partial charge < -0.3 is 13.8 Å². The summed E-state index contributed by atoms with van der Waals surface area (Å²) in [6.45, 7) is 2.37. The highest BCUT2D eigenvalue weighted by Crippen LogP contribution is 2.49. The molecule has 6 heteroatoms. The zero-order valence-electron chi connectivity index (χ0n) is 7.95. The predicted molar refractivity (Wildman–Crippen MR) is 55.1 cm³/mol. The van der Waals surface area contributed by atoms with Crippen LogP contribution in [-0.4, -0.2) is 26.2 Å². The van der Waals surface area contributed by atoms with Crippen LogP contribution < -0.4 is 0 Å². The molecule has 0 radical (unpaired) electrons. The van der Waals surface area contributed by atoms with Crippen LogP contribution in [0, 0.1) is 0 Å². The number of hydrogen-bond donors (Lipinski definition) is 0. The first-order valence-corrected chi connectivity index (χ1v) is 6.47. The third kappa shape index (κ3) is 4.81. The van der Waals surface area contributed by atoms with Crippen molar-refractivity contribution >= 4 is 23.5 Å². The van der Waals surface area contributed by atoms with Gasteiger partial charge >= 0.3 is 7.60 Å². The highest BCUT2D eigenvalue weighted by atomic mass is 79.9. The molecule has 0 aliphatic heterocycles. The van der Waals surface area contributed by atoms with E-state index in [2.05, 4.69) is 15.9 Å². The van der Waals surface area contributed by atoms with Crippen molar-refractivity contribution in [2.45, 2.75) is 6.92 Å². The van der Waals surface area contributed by atoms with E-state index in [1.54, 1.807) is 0 Å². The molecule has 0 saturated carbocycles. The lowest BCUT2D eigenvalue weighted by Gasteiger charge is -2.11. The Morgan fingerprint density at radius 1 is 1.46 bits per heavy atom. The van der Waals surface area contributed by atoms with Crippen molar-refractivity contribution in [1.29, 1.82) is 0 Å². The van der Waals surface area contributed by atoms with Gasteiger partial charge in [0, 0.05) is 14.2 Å². The van der Waals surface area contributed by atoms with Gasteiger partial charge in [0.05, 0.1) is 17.8 Å². The molecular formula is C7H14BrO4P. The molecule has 0 aromatic heterocycles. The predicted octanol–water partition coefficient (Wildman–Crippen LogP) is 2.75. The first-order chi connectivity index (χ1) is 6.11. The Hall–Kier alpha value is 0.170. The lowest BCUT2D eigenvalue weighted by atomic mass is 10.6. The Morgan fingerprint density at radius 2 is 2.00 bits per heavy atom. The Balaban J connectivity index is 4.54. The van der Waals surface area contributed by atoms with Gasteiger partial charge in [-0.3, -0.25) is 4.57 Å². The molecule has 0 atom stereocenters. The monoisotopic (exact) mass is 272 g/mol. The molecule has 0 aliphatic rings. The van der Waals surface area contributed by atoms with Crippen molar-refractivity contribution in [2.75, 3.05) is 26.2 Å². The zero-order chi connectivity index (χ0) is 10.3. The summed E-state index contributed by atoms with van der Waals surface area (Å²) < 4.78 is 26.2. The summed E-state index contributed by atoms with van der Waals surface area (Å²) in [5.41, 5.74) is 0. The molecule has 0 bridgehead atoms. The Labute approximate surface area is 86.9 Å². The molecular weight excluding hydrogens is 259 g/mol. The number of halogens is 1. The van der Waals surface area contributed by atoms with Gasteiger partial charge in [-0.2, -0.15) is 0 Å². The van der Waals surface area contributed by atoms with Gasteiger partial charge in [-0.15, -0.1) is 0 Å². The average molecular weight is 273 g/mol. The minimum absolute atomic E-state index is 0.484. The third-order valence-corrected chi connectivity index (χ3v) is 3.45. The van der Waals surface area contributed by atoms with Crippen molar-refractivity contribution in [3.8, 4) is 0 Å². The number of rotatable bonds is 6. The average Bonchev–Trinajstić information content (AvgIpc) is 2.17. The molecule has 13 heavy (non-hydrogen) atoms. The van der Waals surface area contributed by atoms with Crippen molar-refractivity contribution in [2.24, 2.45) is 0 Å². The largest absolute Gasteiger partial charge is 0.497 e. The van der Waals surface area contributed by atoms with E-state index in [1.165, 1.54) is 20.0 Å². The van der Waals surface area contributed by atoms with E-state index in [0.29, 0.717) is 17.7 Å². The molecule has 0 fully saturated rings. The topological polar surface area (TPSA) is 44.8 Å². The van der Waals surface area contributed by atoms with Crippen LogP contribution in [0.25, 0.3) is 0 Å². The van der Waals surface area contributed by atoms with Crippen LogP contribution in [0.2, 0.25) is 0 Å². The summed E-state index contributed by atoms with van der Waals surface area (Å²) >= 11 is 3.20. The number of ether oxygens (including phenoxy) is 1. The summed E-state index contributed by atoms with van der Waals surface area (Å²) in [6.07, 6.45) is 0. The molecule has 0 aromatic carbocycles. The molecule has 0 amide bonds. The second-order valence-electron chi connectivity index (χ2n) is 2.07. The van der Waals surface area contributed by atoms with Crippen LogP contribution in [0.1, 0.15) is 6.92 Å². The number of hydrogen-bond acceptors (Lipinski definition) is 4. The fourth-order valence-electron chi connectivity index (χ4n) is 0.652. The second kappa shape index (κ2) is 6.60. The number of allylic oxidation sites excluding steroid dienone is 1. The van der Waals surface area contributed by atoms with Gasteiger partial charge in [-0.05, 0) is 6.92 Å². The first-order valence-electron chi connectivity index (χ1n) is 3.73. The van der Waals surface area contributed by atoms with Gasteiger partial charge in [0.2, 0.25) is 0 Å². The van der Waals surface area contributed by atoms with Crippen LogP contribution in [0.3, 0.4) is 0 Å². The van der Waals surface area contributed by atoms with Gasteiger partial charge in [0.15, 0.2) is 0 Å². The van der Waals surface area contributed by atoms with Gasteiger partial charge in [-0.1, -0.05) is 15.9 Å². The van der Waals surface area contributed by atoms with Crippen LogP contribution >= 0.6 is 23.5 Å². The minimum Gasteiger partial charge on any atom is -0.497 e. The number of alkyl halides is 1. The van der Waals surface area contributed by atoms with Crippen LogP contribution in [0.15, 0.2) is 11.6 Å². The van der Waals surface area contributed by atoms with Crippen LogP contribution in [0.5, 0.6) is 0 Å². The van der Waals surface area contributed by atoms with E-state index in [1.807, 2.05) is 6.92 Å². The smallest absolute Gasteiger partial charge is 0.357 e. The van der Waals surface area contributed by atoms with E-state index in [-0.39, 0.29) is 0 Å². The molecule has 0 rings (SSSR count). The van der Waals surface area contributed by atoms with Gasteiger partial charge in [-0.25, -0.2) is 0 Å². The van der Waals surface area contributed by atoms with Crippen molar-refractivity contribution in [3.63, 3.8) is 0 Å². The first kappa shape index (κ1) is 13.2. The van der Waals surface area contributed by atoms with Gasteiger partial charge in [0.25, 0.3) is 0 Å². The van der Waals surface area contributed by atoms with Crippen LogP contribution in [0.4, 0.5) is 0 Å². The Bertz CT molecular complexity index is 209. The molecule has 78 valence electrons. The zero-order valence-corrected chi connectivity index (χ0v) is 10.4. The van der Waals surface area contributed by atoms with E-state index in [9.17, 15) is 4.57 Å². The lowest BCUT2D eigenvalue weighted by Crippen LogP contribution is -1.94. The fraction of sp³-hybridized carbons (Fsp3) is 0.714. The quantitative estimate of drug-likeness (QED) is 0.424. The van der Waals surface area contributed by atoms with E-state index in [0.717, 1.165) is 0 Å². The Kier molecular flexibility index (Phi) is 6.68. The van der Waals surface area contributed by atoms with E-state index < -0.39 is 7.60 Å². The van der Waals surface area contributed by atoms with Crippen LogP contribution in [-0.2, 0) is 18.3 Å². The normalized spacial score (nSPS) is 13.1. The molecule has 0 saturated heterocycles. The SMILES string of the molecule is CCO/C(=C/P(=O)(OC)OC)CBr. The highest BCUT2D eigenvalue weighted by molar-refractivity contribution is 9.09. The molecule has 0 N–H and O–H groups in total. The standard InChI is InChI=1S/C7H14BrO4P/c1-4-12-7(5-8)6-13(9,10-2)11-3/h6H,4-5H2,1-3H3/b7-6+.